The quantitative estimate of drug-likeness (QED) is 0.693. The lowest BCUT2D eigenvalue weighted by Crippen LogP contribution is -2.39. The highest BCUT2D eigenvalue weighted by molar-refractivity contribution is 6.10. The highest BCUT2D eigenvalue weighted by Crippen LogP contribution is 2.46. The first kappa shape index (κ1) is 21.1. The fraction of sp³-hybridized carbons (Fsp3) is 0.333. The summed E-state index contributed by atoms with van der Waals surface area (Å²) in [6, 6.07) is 15.9. The van der Waals surface area contributed by atoms with Gasteiger partial charge in [0.25, 0.3) is 5.91 Å². The van der Waals surface area contributed by atoms with E-state index in [-0.39, 0.29) is 23.0 Å². The molecule has 0 spiro atoms. The van der Waals surface area contributed by atoms with Gasteiger partial charge in [-0.2, -0.15) is 0 Å². The Kier molecular flexibility index (Phi) is 5.34. The van der Waals surface area contributed by atoms with E-state index in [9.17, 15) is 9.59 Å². The van der Waals surface area contributed by atoms with Gasteiger partial charge < -0.3 is 10.6 Å². The molecular weight excluding hydrogens is 384 g/mol. The zero-order valence-corrected chi connectivity index (χ0v) is 18.9. The summed E-state index contributed by atoms with van der Waals surface area (Å²) in [6.07, 6.45) is 1.28. The number of anilines is 1. The number of allylic oxidation sites excluding steroid dienone is 3. The number of carbonyl (C=O) groups excluding carboxylic acids is 2. The number of ketones is 1. The van der Waals surface area contributed by atoms with Gasteiger partial charge in [-0.15, -0.1) is 0 Å². The molecule has 4 heteroatoms. The average molecular weight is 415 g/mol. The van der Waals surface area contributed by atoms with Crippen LogP contribution in [0, 0.1) is 19.3 Å². The van der Waals surface area contributed by atoms with E-state index in [4.69, 9.17) is 0 Å². The lowest BCUT2D eigenvalue weighted by atomic mass is 9.68. The van der Waals surface area contributed by atoms with E-state index in [1.165, 1.54) is 0 Å². The Labute approximate surface area is 184 Å². The summed E-state index contributed by atoms with van der Waals surface area (Å²) in [6.45, 7) is 10.2. The van der Waals surface area contributed by atoms with Gasteiger partial charge >= 0.3 is 0 Å². The fourth-order valence-electron chi connectivity index (χ4n) is 4.82. The van der Waals surface area contributed by atoms with Crippen LogP contribution in [0.3, 0.4) is 0 Å². The summed E-state index contributed by atoms with van der Waals surface area (Å²) in [5.74, 6) is -0.419. The van der Waals surface area contributed by atoms with E-state index in [1.54, 1.807) is 0 Å². The Balaban J connectivity index is 1.83. The minimum absolute atomic E-state index is 0.0960. The van der Waals surface area contributed by atoms with Gasteiger partial charge in [-0.3, -0.25) is 9.59 Å². The minimum Gasteiger partial charge on any atom is -0.362 e. The van der Waals surface area contributed by atoms with Crippen molar-refractivity contribution < 1.29 is 9.59 Å². The Bertz CT molecular complexity index is 1140. The number of hydrogen-bond acceptors (Lipinski definition) is 3. The Hall–Kier alpha value is -3.14. The van der Waals surface area contributed by atoms with Crippen molar-refractivity contribution in [2.45, 2.75) is 53.4 Å². The Morgan fingerprint density at radius 2 is 1.77 bits per heavy atom. The Morgan fingerprint density at radius 3 is 2.48 bits per heavy atom. The first-order chi connectivity index (χ1) is 14.7. The van der Waals surface area contributed by atoms with E-state index >= 15 is 0 Å². The topological polar surface area (TPSA) is 58.2 Å². The van der Waals surface area contributed by atoms with Crippen LogP contribution in [0.25, 0.3) is 0 Å². The molecule has 2 aromatic rings. The molecule has 0 saturated carbocycles. The van der Waals surface area contributed by atoms with E-state index in [0.717, 1.165) is 45.8 Å². The number of Topliss-reactive ketones (excluding diaryl/α,β-unsaturated/α-hetero) is 1. The molecule has 4 rings (SSSR count). The van der Waals surface area contributed by atoms with Crippen LogP contribution in [0.1, 0.15) is 56.2 Å². The first-order valence-corrected chi connectivity index (χ1v) is 10.8. The van der Waals surface area contributed by atoms with Gasteiger partial charge in [0.05, 0.1) is 0 Å². The first-order valence-electron chi connectivity index (χ1n) is 10.8. The molecule has 0 bridgehead atoms. The average Bonchev–Trinajstić information content (AvgIpc) is 2.67. The summed E-state index contributed by atoms with van der Waals surface area (Å²) < 4.78 is 0. The molecule has 31 heavy (non-hydrogen) atoms. The number of amides is 1. The number of carbonyl (C=O) groups is 2. The van der Waals surface area contributed by atoms with Crippen molar-refractivity contribution in [1.29, 1.82) is 0 Å². The molecule has 0 saturated heterocycles. The molecule has 2 N–H and O–H groups in total. The highest BCUT2D eigenvalue weighted by atomic mass is 16.2. The lowest BCUT2D eigenvalue weighted by molar-refractivity contribution is -0.118. The van der Waals surface area contributed by atoms with Crippen molar-refractivity contribution >= 4 is 17.4 Å². The summed E-state index contributed by atoms with van der Waals surface area (Å²) >= 11 is 0. The second kappa shape index (κ2) is 7.84. The predicted octanol–water partition coefficient (Wildman–Crippen LogP) is 5.55. The number of benzene rings is 2. The number of nitrogens with one attached hydrogen (secondary N) is 2. The predicted molar refractivity (Wildman–Crippen MR) is 125 cm³/mol. The number of rotatable bonds is 3. The molecule has 2 aliphatic rings. The summed E-state index contributed by atoms with van der Waals surface area (Å²) in [4.78, 5) is 26.9. The zero-order chi connectivity index (χ0) is 22.3. The van der Waals surface area contributed by atoms with E-state index in [1.807, 2.05) is 63.2 Å². The molecule has 1 unspecified atom stereocenters. The van der Waals surface area contributed by atoms with Crippen LogP contribution in [0.15, 0.2) is 71.1 Å². The third kappa shape index (κ3) is 4.07. The molecule has 0 fully saturated rings. The van der Waals surface area contributed by atoms with E-state index in [2.05, 4.69) is 30.5 Å². The maximum atomic E-state index is 13.6. The molecule has 1 aliphatic heterocycles. The normalized spacial score (nSPS) is 20.3. The number of aryl methyl sites for hydroxylation is 2. The maximum Gasteiger partial charge on any atom is 0.254 e. The van der Waals surface area contributed by atoms with Crippen LogP contribution in [0.5, 0.6) is 0 Å². The van der Waals surface area contributed by atoms with Gasteiger partial charge in [0.1, 0.15) is 0 Å². The largest absolute Gasteiger partial charge is 0.362 e. The summed E-state index contributed by atoms with van der Waals surface area (Å²) in [5, 5.41) is 6.51. The van der Waals surface area contributed by atoms with Gasteiger partial charge in [0.15, 0.2) is 5.78 Å². The third-order valence-electron chi connectivity index (χ3n) is 6.25. The standard InChI is InChI=1S/C27H30N2O2/c1-16-9-8-11-19(13-16)24-23(26(31)29-20-12-7-6-10-17(20)2)18(3)28-21-14-27(4,5)15-22(30)25(21)24/h6-13,24,28H,14-15H2,1-5H3,(H,29,31). The van der Waals surface area contributed by atoms with Crippen LogP contribution in [0.4, 0.5) is 5.69 Å². The minimum atomic E-state index is -0.372. The monoisotopic (exact) mass is 414 g/mol. The number of para-hydroxylation sites is 1. The van der Waals surface area contributed by atoms with Crippen molar-refractivity contribution in [3.8, 4) is 0 Å². The number of dihydropyridines is 1. The second-order valence-corrected chi connectivity index (χ2v) is 9.61. The molecular formula is C27H30N2O2. The van der Waals surface area contributed by atoms with Crippen molar-refractivity contribution in [3.05, 3.63) is 87.8 Å². The van der Waals surface area contributed by atoms with Crippen LogP contribution in [0.2, 0.25) is 0 Å². The fourth-order valence-corrected chi connectivity index (χ4v) is 4.82. The van der Waals surface area contributed by atoms with Gasteiger partial charge in [-0.1, -0.05) is 61.9 Å². The van der Waals surface area contributed by atoms with Gasteiger partial charge in [0.2, 0.25) is 0 Å². The molecule has 160 valence electrons. The third-order valence-corrected chi connectivity index (χ3v) is 6.25. The van der Waals surface area contributed by atoms with Crippen molar-refractivity contribution in [3.63, 3.8) is 0 Å². The highest BCUT2D eigenvalue weighted by Gasteiger charge is 2.42. The number of hydrogen-bond donors (Lipinski definition) is 2. The van der Waals surface area contributed by atoms with Gasteiger partial charge in [0, 0.05) is 40.6 Å². The molecule has 2 aromatic carbocycles. The summed E-state index contributed by atoms with van der Waals surface area (Å²) in [5.41, 5.74) is 6.90. The Morgan fingerprint density at radius 1 is 1.03 bits per heavy atom. The smallest absolute Gasteiger partial charge is 0.254 e. The maximum absolute atomic E-state index is 13.6. The summed E-state index contributed by atoms with van der Waals surface area (Å²) in [7, 11) is 0. The molecule has 4 nitrogen and oxygen atoms in total. The molecule has 0 aromatic heterocycles. The van der Waals surface area contributed by atoms with Crippen molar-refractivity contribution in [2.75, 3.05) is 5.32 Å². The van der Waals surface area contributed by atoms with Crippen LogP contribution in [-0.2, 0) is 9.59 Å². The van der Waals surface area contributed by atoms with Crippen LogP contribution < -0.4 is 10.6 Å². The molecule has 1 aliphatic carbocycles. The van der Waals surface area contributed by atoms with Crippen LogP contribution >= 0.6 is 0 Å². The molecule has 1 heterocycles. The van der Waals surface area contributed by atoms with Gasteiger partial charge in [-0.05, 0) is 49.8 Å². The molecule has 0 radical (unpaired) electrons. The van der Waals surface area contributed by atoms with Crippen LogP contribution in [-0.4, -0.2) is 11.7 Å². The van der Waals surface area contributed by atoms with E-state index in [0.29, 0.717) is 12.0 Å². The zero-order valence-electron chi connectivity index (χ0n) is 18.9. The molecule has 1 atom stereocenters. The lowest BCUT2D eigenvalue weighted by Gasteiger charge is -2.39. The van der Waals surface area contributed by atoms with Crippen molar-refractivity contribution in [2.24, 2.45) is 5.41 Å². The molecule has 1 amide bonds. The second-order valence-electron chi connectivity index (χ2n) is 9.61. The van der Waals surface area contributed by atoms with E-state index < -0.39 is 0 Å². The SMILES string of the molecule is CC1=C(C(=O)Nc2ccccc2C)C(c2cccc(C)c2)C2=C(CC(C)(C)CC2=O)N1. The van der Waals surface area contributed by atoms with Crippen molar-refractivity contribution in [1.82, 2.24) is 5.32 Å². The van der Waals surface area contributed by atoms with Gasteiger partial charge in [-0.25, -0.2) is 0 Å².